The second kappa shape index (κ2) is 9.34. The van der Waals surface area contributed by atoms with E-state index < -0.39 is 0 Å². The van der Waals surface area contributed by atoms with Gasteiger partial charge in [0.2, 0.25) is 5.91 Å². The molecule has 0 radical (unpaired) electrons. The van der Waals surface area contributed by atoms with Crippen molar-refractivity contribution in [1.29, 1.82) is 0 Å². The van der Waals surface area contributed by atoms with Crippen LogP contribution in [0.4, 0.5) is 10.1 Å². The van der Waals surface area contributed by atoms with E-state index in [-0.39, 0.29) is 18.3 Å². The Balaban J connectivity index is 2.91. The number of rotatable bonds is 9. The van der Waals surface area contributed by atoms with Crippen LogP contribution in [0.1, 0.15) is 32.8 Å². The predicted octanol–water partition coefficient (Wildman–Crippen LogP) is 2.29. The first-order valence-corrected chi connectivity index (χ1v) is 7.63. The number of anilines is 1. The summed E-state index contributed by atoms with van der Waals surface area (Å²) in [6.07, 6.45) is 1.00. The molecular formula is C16H26FN3O. The molecule has 0 aliphatic rings. The molecule has 1 rings (SSSR count). The molecule has 0 aromatic heterocycles. The maximum Gasteiger partial charge on any atom is 0.239 e. The lowest BCUT2D eigenvalue weighted by Gasteiger charge is -2.25. The Kier molecular flexibility index (Phi) is 7.75. The second-order valence-electron chi connectivity index (χ2n) is 4.88. The van der Waals surface area contributed by atoms with Gasteiger partial charge >= 0.3 is 0 Å². The van der Waals surface area contributed by atoms with Crippen LogP contribution >= 0.6 is 0 Å². The quantitative estimate of drug-likeness (QED) is 0.687. The van der Waals surface area contributed by atoms with Crippen LogP contribution in [0.25, 0.3) is 0 Å². The summed E-state index contributed by atoms with van der Waals surface area (Å²) in [7, 11) is 0. The summed E-state index contributed by atoms with van der Waals surface area (Å²) >= 11 is 0. The monoisotopic (exact) mass is 295 g/mol. The molecule has 5 heteroatoms. The van der Waals surface area contributed by atoms with E-state index >= 15 is 0 Å². The van der Waals surface area contributed by atoms with Gasteiger partial charge in [0.15, 0.2) is 0 Å². The summed E-state index contributed by atoms with van der Waals surface area (Å²) in [6, 6.07) is 5.02. The maximum atomic E-state index is 14.1. The summed E-state index contributed by atoms with van der Waals surface area (Å²) in [6.45, 7) is 8.74. The number of hydrogen-bond donors (Lipinski definition) is 2. The highest BCUT2D eigenvalue weighted by Crippen LogP contribution is 2.23. The van der Waals surface area contributed by atoms with Crippen LogP contribution in [-0.4, -0.2) is 32.1 Å². The summed E-state index contributed by atoms with van der Waals surface area (Å²) in [5.41, 5.74) is 1.41. The number of amides is 1. The first kappa shape index (κ1) is 17.4. The molecule has 4 nitrogen and oxygen atoms in total. The Morgan fingerprint density at radius 3 is 2.67 bits per heavy atom. The zero-order chi connectivity index (χ0) is 15.7. The minimum Gasteiger partial charge on any atom is -0.362 e. The van der Waals surface area contributed by atoms with Crippen molar-refractivity contribution in [3.05, 3.63) is 29.6 Å². The highest BCUT2D eigenvalue weighted by molar-refractivity contribution is 5.81. The predicted molar refractivity (Wildman–Crippen MR) is 85.0 cm³/mol. The van der Waals surface area contributed by atoms with Gasteiger partial charge in [0, 0.05) is 30.9 Å². The molecular weight excluding hydrogens is 269 g/mol. The standard InChI is InChI=1S/C16H26FN3O/c1-4-10-18-11-13-14(17)8-7-9-15(13)20(6-3)12-16(21)19-5-2/h7-9,18H,4-6,10-12H2,1-3H3,(H,19,21). The first-order valence-electron chi connectivity index (χ1n) is 7.63. The van der Waals surface area contributed by atoms with Gasteiger partial charge < -0.3 is 15.5 Å². The van der Waals surface area contributed by atoms with Gasteiger partial charge in [-0.15, -0.1) is 0 Å². The Bertz CT molecular complexity index is 451. The van der Waals surface area contributed by atoms with Gasteiger partial charge in [-0.25, -0.2) is 4.39 Å². The van der Waals surface area contributed by atoms with E-state index in [1.54, 1.807) is 6.07 Å². The van der Waals surface area contributed by atoms with Crippen molar-refractivity contribution in [3.8, 4) is 0 Å². The molecule has 0 atom stereocenters. The van der Waals surface area contributed by atoms with Crippen molar-refractivity contribution in [2.45, 2.75) is 33.7 Å². The molecule has 21 heavy (non-hydrogen) atoms. The second-order valence-corrected chi connectivity index (χ2v) is 4.88. The summed E-state index contributed by atoms with van der Waals surface area (Å²) < 4.78 is 14.1. The van der Waals surface area contributed by atoms with Crippen LogP contribution in [0.15, 0.2) is 18.2 Å². The molecule has 118 valence electrons. The van der Waals surface area contributed by atoms with Crippen LogP contribution in [-0.2, 0) is 11.3 Å². The maximum absolute atomic E-state index is 14.1. The molecule has 0 bridgehead atoms. The Hall–Kier alpha value is -1.62. The zero-order valence-electron chi connectivity index (χ0n) is 13.2. The number of nitrogens with one attached hydrogen (secondary N) is 2. The van der Waals surface area contributed by atoms with Crippen molar-refractivity contribution in [3.63, 3.8) is 0 Å². The number of carbonyl (C=O) groups excluding carboxylic acids is 1. The average molecular weight is 295 g/mol. The number of nitrogens with zero attached hydrogens (tertiary/aromatic N) is 1. The lowest BCUT2D eigenvalue weighted by molar-refractivity contribution is -0.119. The highest BCUT2D eigenvalue weighted by Gasteiger charge is 2.15. The largest absolute Gasteiger partial charge is 0.362 e. The third-order valence-corrected chi connectivity index (χ3v) is 3.25. The Morgan fingerprint density at radius 1 is 1.29 bits per heavy atom. The molecule has 0 saturated carbocycles. The molecule has 1 amide bonds. The lowest BCUT2D eigenvalue weighted by Crippen LogP contribution is -2.37. The SMILES string of the molecule is CCCNCc1c(F)cccc1N(CC)CC(=O)NCC. The van der Waals surface area contributed by atoms with Crippen molar-refractivity contribution in [2.24, 2.45) is 0 Å². The fourth-order valence-corrected chi connectivity index (χ4v) is 2.20. The normalized spacial score (nSPS) is 10.5. The third kappa shape index (κ3) is 5.34. The molecule has 1 aromatic carbocycles. The van der Waals surface area contributed by atoms with E-state index in [2.05, 4.69) is 17.6 Å². The zero-order valence-corrected chi connectivity index (χ0v) is 13.2. The number of likely N-dealkylation sites (N-methyl/N-ethyl adjacent to an activating group) is 2. The van der Waals surface area contributed by atoms with Gasteiger partial charge in [0.05, 0.1) is 6.54 Å². The van der Waals surface area contributed by atoms with Crippen molar-refractivity contribution < 1.29 is 9.18 Å². The highest BCUT2D eigenvalue weighted by atomic mass is 19.1. The first-order chi connectivity index (χ1) is 10.1. The van der Waals surface area contributed by atoms with Gasteiger partial charge in [0.1, 0.15) is 5.82 Å². The topological polar surface area (TPSA) is 44.4 Å². The van der Waals surface area contributed by atoms with Gasteiger partial charge in [-0.1, -0.05) is 13.0 Å². The molecule has 1 aromatic rings. The van der Waals surface area contributed by atoms with Crippen molar-refractivity contribution in [1.82, 2.24) is 10.6 Å². The molecule has 2 N–H and O–H groups in total. The van der Waals surface area contributed by atoms with E-state index in [0.29, 0.717) is 25.2 Å². The minimum absolute atomic E-state index is 0.0453. The van der Waals surface area contributed by atoms with Gasteiger partial charge in [-0.05, 0) is 38.9 Å². The van der Waals surface area contributed by atoms with Crippen molar-refractivity contribution >= 4 is 11.6 Å². The van der Waals surface area contributed by atoms with Gasteiger partial charge in [-0.2, -0.15) is 0 Å². The number of benzene rings is 1. The van der Waals surface area contributed by atoms with Crippen LogP contribution in [0.5, 0.6) is 0 Å². The minimum atomic E-state index is -0.231. The van der Waals surface area contributed by atoms with Crippen LogP contribution in [0.3, 0.4) is 0 Å². The summed E-state index contributed by atoms with van der Waals surface area (Å²) in [5.74, 6) is -0.276. The Labute approximate surface area is 126 Å². The summed E-state index contributed by atoms with van der Waals surface area (Å²) in [5, 5.41) is 6.00. The van der Waals surface area contributed by atoms with E-state index in [4.69, 9.17) is 0 Å². The number of hydrogen-bond acceptors (Lipinski definition) is 3. The number of halogens is 1. The van der Waals surface area contributed by atoms with Crippen LogP contribution in [0.2, 0.25) is 0 Å². The van der Waals surface area contributed by atoms with Crippen molar-refractivity contribution in [2.75, 3.05) is 31.1 Å². The molecule has 0 unspecified atom stereocenters. The van der Waals surface area contributed by atoms with E-state index in [1.807, 2.05) is 24.8 Å². The fraction of sp³-hybridized carbons (Fsp3) is 0.562. The molecule has 0 heterocycles. The van der Waals surface area contributed by atoms with Crippen LogP contribution in [0, 0.1) is 5.82 Å². The summed E-state index contributed by atoms with van der Waals surface area (Å²) in [4.78, 5) is 13.7. The average Bonchev–Trinajstić information content (AvgIpc) is 2.47. The van der Waals surface area contributed by atoms with E-state index in [1.165, 1.54) is 6.07 Å². The Morgan fingerprint density at radius 2 is 2.05 bits per heavy atom. The molecule has 0 saturated heterocycles. The van der Waals surface area contributed by atoms with E-state index in [0.717, 1.165) is 18.7 Å². The van der Waals surface area contributed by atoms with E-state index in [9.17, 15) is 9.18 Å². The molecule has 0 spiro atoms. The lowest BCUT2D eigenvalue weighted by atomic mass is 10.1. The molecule has 0 aliphatic heterocycles. The van der Waals surface area contributed by atoms with Crippen LogP contribution < -0.4 is 15.5 Å². The number of carbonyl (C=O) groups is 1. The molecule has 0 fully saturated rings. The smallest absolute Gasteiger partial charge is 0.239 e. The van der Waals surface area contributed by atoms with Gasteiger partial charge in [-0.3, -0.25) is 4.79 Å². The third-order valence-electron chi connectivity index (χ3n) is 3.25. The van der Waals surface area contributed by atoms with Gasteiger partial charge in [0.25, 0.3) is 0 Å². The molecule has 0 aliphatic carbocycles. The fourth-order valence-electron chi connectivity index (χ4n) is 2.20.